The fraction of sp³-hybridized carbons (Fsp3) is 0.298. The molecule has 6 aromatic carbocycles. The number of hydrogen-bond donors (Lipinski definition) is 0. The number of unbranched alkanes of at least 4 members (excludes halogenated alkanes) is 1. The number of ether oxygens (including phenoxy) is 4. The van der Waals surface area contributed by atoms with Crippen LogP contribution in [-0.2, 0) is 17.3 Å². The maximum Gasteiger partial charge on any atom is 0.343 e. The largest absolute Gasteiger partial charge is 0.419 e. The van der Waals surface area contributed by atoms with Gasteiger partial charge in [-0.15, -0.1) is 0 Å². The lowest BCUT2D eigenvalue weighted by atomic mass is 9.79. The summed E-state index contributed by atoms with van der Waals surface area (Å²) in [5, 5.41) is 0. The van der Waals surface area contributed by atoms with E-state index in [0.717, 1.165) is 52.6 Å². The lowest BCUT2D eigenvalue weighted by Gasteiger charge is -2.29. The molecule has 0 aliphatic heterocycles. The van der Waals surface area contributed by atoms with Crippen LogP contribution in [0.4, 0.5) is 0 Å². The highest BCUT2D eigenvalue weighted by Crippen LogP contribution is 2.46. The van der Waals surface area contributed by atoms with Crippen molar-refractivity contribution >= 4 is 23.9 Å². The second-order valence-corrected chi connectivity index (χ2v) is 18.5. The molecule has 0 atom stereocenters. The highest BCUT2D eigenvalue weighted by Gasteiger charge is 2.31. The number of carbonyl (C=O) groups excluding carboxylic acids is 4. The van der Waals surface area contributed by atoms with Gasteiger partial charge in [-0.1, -0.05) is 154 Å². The third kappa shape index (κ3) is 12.7. The van der Waals surface area contributed by atoms with E-state index in [1.165, 1.54) is 0 Å². The molecule has 0 aliphatic rings. The average molecular weight is 875 g/mol. The predicted molar refractivity (Wildman–Crippen MR) is 258 cm³/mol. The average Bonchev–Trinajstić information content (AvgIpc) is 3.28. The third-order valence-corrected chi connectivity index (χ3v) is 10.8. The SMILES string of the molecule is CCCCc1c(C(C)(C)C)cc(C)c(OC(=O)c2ccccc2)c1OC(=O)c1ccccc1.Cc1cc(C(C)(C)C)c(C(C)C)c(OC(=O)c2ccccc2)c1OC(=O)c1ccccc1. The molecular formula is C57H62O8. The Morgan fingerprint density at radius 2 is 0.769 bits per heavy atom. The van der Waals surface area contributed by atoms with Crippen LogP contribution < -0.4 is 18.9 Å². The lowest BCUT2D eigenvalue weighted by molar-refractivity contribution is 0.0679. The van der Waals surface area contributed by atoms with Crippen LogP contribution in [-0.4, -0.2) is 23.9 Å². The summed E-state index contributed by atoms with van der Waals surface area (Å²) in [5.74, 6) is -0.686. The summed E-state index contributed by atoms with van der Waals surface area (Å²) in [7, 11) is 0. The van der Waals surface area contributed by atoms with Crippen molar-refractivity contribution in [3.05, 3.63) is 189 Å². The van der Waals surface area contributed by atoms with Crippen LogP contribution in [0, 0.1) is 13.8 Å². The molecule has 0 fully saturated rings. The van der Waals surface area contributed by atoms with Crippen molar-refractivity contribution in [1.29, 1.82) is 0 Å². The number of carbonyl (C=O) groups is 4. The highest BCUT2D eigenvalue weighted by atomic mass is 16.6. The molecule has 0 aromatic heterocycles. The standard InChI is InChI=1S/C29H32O4.C28H30O4/c1-6-7-18-23-24(29(3,4)5)19-20(2)25(32-27(30)21-14-10-8-11-15-21)26(23)33-28(31)22-16-12-9-13-17-22;1-18(2)23-22(28(4,5)6)17-19(3)24(31-26(29)20-13-9-7-10-14-20)25(23)32-27(30)21-15-11-8-12-16-21/h8-17,19H,6-7,18H2,1-5H3;7-18H,1-6H3. The van der Waals surface area contributed by atoms with Gasteiger partial charge < -0.3 is 18.9 Å². The molecule has 8 nitrogen and oxygen atoms in total. The van der Waals surface area contributed by atoms with E-state index in [1.54, 1.807) is 97.1 Å². The van der Waals surface area contributed by atoms with Gasteiger partial charge in [0.15, 0.2) is 23.0 Å². The Balaban J connectivity index is 0.000000244. The minimum absolute atomic E-state index is 0.0394. The molecule has 0 saturated heterocycles. The Labute approximate surface area is 384 Å². The Morgan fingerprint density at radius 1 is 0.462 bits per heavy atom. The second-order valence-electron chi connectivity index (χ2n) is 18.5. The minimum atomic E-state index is -0.496. The zero-order chi connectivity index (χ0) is 47.5. The molecule has 0 aliphatic carbocycles. The number of benzene rings is 6. The van der Waals surface area contributed by atoms with Crippen molar-refractivity contribution in [2.75, 3.05) is 0 Å². The summed E-state index contributed by atoms with van der Waals surface area (Å²) < 4.78 is 23.7. The molecule has 8 heteroatoms. The van der Waals surface area contributed by atoms with Crippen LogP contribution in [0.25, 0.3) is 0 Å². The quantitative estimate of drug-likeness (QED) is 0.0884. The van der Waals surface area contributed by atoms with Gasteiger partial charge in [0.05, 0.1) is 22.3 Å². The summed E-state index contributed by atoms with van der Waals surface area (Å²) in [6.07, 6.45) is 2.63. The Hall–Kier alpha value is -6.80. The summed E-state index contributed by atoms with van der Waals surface area (Å²) >= 11 is 0. The maximum absolute atomic E-state index is 13.1. The van der Waals surface area contributed by atoms with Crippen LogP contribution >= 0.6 is 0 Å². The van der Waals surface area contributed by atoms with E-state index in [-0.39, 0.29) is 22.5 Å². The van der Waals surface area contributed by atoms with Crippen LogP contribution in [0.1, 0.15) is 156 Å². The van der Waals surface area contributed by atoms with Crippen molar-refractivity contribution < 1.29 is 38.1 Å². The Kier molecular flexibility index (Phi) is 16.4. The smallest absolute Gasteiger partial charge is 0.343 e. The minimum Gasteiger partial charge on any atom is -0.419 e. The maximum atomic E-state index is 13.1. The topological polar surface area (TPSA) is 105 Å². The van der Waals surface area contributed by atoms with Crippen molar-refractivity contribution in [3.8, 4) is 23.0 Å². The third-order valence-electron chi connectivity index (χ3n) is 10.8. The van der Waals surface area contributed by atoms with Gasteiger partial charge in [0.1, 0.15) is 0 Å². The Bertz CT molecular complexity index is 2580. The molecule has 0 saturated carbocycles. The zero-order valence-corrected chi connectivity index (χ0v) is 39.7. The first-order valence-electron chi connectivity index (χ1n) is 22.3. The fourth-order valence-electron chi connectivity index (χ4n) is 7.42. The van der Waals surface area contributed by atoms with Crippen molar-refractivity contribution in [3.63, 3.8) is 0 Å². The van der Waals surface area contributed by atoms with E-state index in [9.17, 15) is 19.2 Å². The summed E-state index contributed by atoms with van der Waals surface area (Å²) in [6.45, 7) is 22.7. The van der Waals surface area contributed by atoms with Gasteiger partial charge in [-0.3, -0.25) is 0 Å². The van der Waals surface area contributed by atoms with Crippen LogP contribution in [0.5, 0.6) is 23.0 Å². The molecule has 65 heavy (non-hydrogen) atoms. The molecule has 0 heterocycles. The molecule has 6 rings (SSSR count). The number of aryl methyl sites for hydroxylation is 2. The molecule has 0 radical (unpaired) electrons. The van der Waals surface area contributed by atoms with Crippen LogP contribution in [0.3, 0.4) is 0 Å². The van der Waals surface area contributed by atoms with Gasteiger partial charge >= 0.3 is 23.9 Å². The lowest BCUT2D eigenvalue weighted by Crippen LogP contribution is -2.20. The molecule has 338 valence electrons. The second kappa shape index (κ2) is 21.7. The molecule has 0 unspecified atom stereocenters. The van der Waals surface area contributed by atoms with Gasteiger partial charge in [-0.2, -0.15) is 0 Å². The highest BCUT2D eigenvalue weighted by molar-refractivity contribution is 5.95. The van der Waals surface area contributed by atoms with Crippen molar-refractivity contribution in [2.45, 2.75) is 112 Å². The Morgan fingerprint density at radius 3 is 1.09 bits per heavy atom. The summed E-state index contributed by atoms with van der Waals surface area (Å²) in [4.78, 5) is 51.9. The van der Waals surface area contributed by atoms with E-state index in [4.69, 9.17) is 18.9 Å². The zero-order valence-electron chi connectivity index (χ0n) is 39.7. The van der Waals surface area contributed by atoms with Crippen molar-refractivity contribution in [2.24, 2.45) is 0 Å². The van der Waals surface area contributed by atoms with Gasteiger partial charge in [0.25, 0.3) is 0 Å². The molecule has 0 amide bonds. The van der Waals surface area contributed by atoms with E-state index in [2.05, 4.69) is 54.5 Å². The summed E-state index contributed by atoms with van der Waals surface area (Å²) in [6, 6.07) is 39.4. The first-order chi connectivity index (χ1) is 30.8. The van der Waals surface area contributed by atoms with Crippen molar-refractivity contribution in [1.82, 2.24) is 0 Å². The number of hydrogen-bond acceptors (Lipinski definition) is 8. The first-order valence-corrected chi connectivity index (χ1v) is 22.3. The molecule has 0 bridgehead atoms. The van der Waals surface area contributed by atoms with Gasteiger partial charge in [-0.25, -0.2) is 19.2 Å². The number of esters is 4. The molecule has 6 aromatic rings. The predicted octanol–water partition coefficient (Wildman–Crippen LogP) is 13.9. The normalized spacial score (nSPS) is 11.3. The van der Waals surface area contributed by atoms with Gasteiger partial charge in [0.2, 0.25) is 0 Å². The molecule has 0 spiro atoms. The van der Waals surface area contributed by atoms with E-state index >= 15 is 0 Å². The molecule has 0 N–H and O–H groups in total. The van der Waals surface area contributed by atoms with E-state index in [0.29, 0.717) is 39.5 Å². The fourth-order valence-corrected chi connectivity index (χ4v) is 7.42. The molecular weight excluding hydrogens is 813 g/mol. The first kappa shape index (κ1) is 49.2. The number of rotatable bonds is 12. The van der Waals surface area contributed by atoms with Gasteiger partial charge in [0, 0.05) is 11.1 Å². The summed E-state index contributed by atoms with van der Waals surface area (Å²) in [5.41, 5.74) is 6.77. The monoisotopic (exact) mass is 874 g/mol. The van der Waals surface area contributed by atoms with E-state index in [1.807, 2.05) is 58.0 Å². The van der Waals surface area contributed by atoms with Crippen LogP contribution in [0.2, 0.25) is 0 Å². The van der Waals surface area contributed by atoms with E-state index < -0.39 is 23.9 Å². The van der Waals surface area contributed by atoms with Gasteiger partial charge in [-0.05, 0) is 114 Å². The van der Waals surface area contributed by atoms with Crippen LogP contribution in [0.15, 0.2) is 133 Å².